The predicted octanol–water partition coefficient (Wildman–Crippen LogP) is 3.77. The highest BCUT2D eigenvalue weighted by Crippen LogP contribution is 2.36. The van der Waals surface area contributed by atoms with Crippen molar-refractivity contribution >= 4 is 0 Å². The summed E-state index contributed by atoms with van der Waals surface area (Å²) in [5.74, 6) is 0.642. The number of aromatic nitrogens is 1. The van der Waals surface area contributed by atoms with Crippen molar-refractivity contribution in [1.82, 2.24) is 10.3 Å². The minimum atomic E-state index is 0.262. The van der Waals surface area contributed by atoms with Crippen molar-refractivity contribution in [1.29, 1.82) is 0 Å². The molecule has 0 radical (unpaired) electrons. The van der Waals surface area contributed by atoms with Crippen molar-refractivity contribution in [3.8, 4) is 6.08 Å². The molecule has 0 aliphatic heterocycles. The first-order valence-electron chi connectivity index (χ1n) is 7.76. The summed E-state index contributed by atoms with van der Waals surface area (Å²) in [6, 6.07) is 0. The van der Waals surface area contributed by atoms with Gasteiger partial charge in [-0.15, -0.1) is 0 Å². The molecule has 1 aliphatic rings. The lowest BCUT2D eigenvalue weighted by Crippen LogP contribution is -2.28. The summed E-state index contributed by atoms with van der Waals surface area (Å²) in [6.07, 6.45) is 6.99. The molecule has 1 aliphatic carbocycles. The normalized spacial score (nSPS) is 19.4. The maximum absolute atomic E-state index is 5.85. The number of nitrogens with zero attached hydrogens (tertiary/aromatic N) is 1. The summed E-state index contributed by atoms with van der Waals surface area (Å²) < 4.78 is 11.3. The van der Waals surface area contributed by atoms with Crippen LogP contribution in [0.5, 0.6) is 6.08 Å². The van der Waals surface area contributed by atoms with Crippen LogP contribution in [0, 0.1) is 11.3 Å². The number of hydrogen-bond donors (Lipinski definition) is 1. The summed E-state index contributed by atoms with van der Waals surface area (Å²) in [6.45, 7) is 10.8. The third-order valence-corrected chi connectivity index (χ3v) is 3.94. The highest BCUT2D eigenvalue weighted by molar-refractivity contribution is 5.00. The Morgan fingerprint density at radius 3 is 2.75 bits per heavy atom. The van der Waals surface area contributed by atoms with Crippen molar-refractivity contribution in [3.63, 3.8) is 0 Å². The number of rotatable bonds is 6. The van der Waals surface area contributed by atoms with Gasteiger partial charge in [-0.2, -0.15) is 4.98 Å². The van der Waals surface area contributed by atoms with E-state index in [1.807, 2.05) is 0 Å². The van der Waals surface area contributed by atoms with Gasteiger partial charge in [-0.25, -0.2) is 0 Å². The molecule has 1 N–H and O–H groups in total. The van der Waals surface area contributed by atoms with Crippen LogP contribution < -0.4 is 10.1 Å². The Morgan fingerprint density at radius 2 is 2.10 bits per heavy atom. The molecule has 2 rings (SSSR count). The summed E-state index contributed by atoms with van der Waals surface area (Å²) in [4.78, 5) is 4.39. The van der Waals surface area contributed by atoms with Gasteiger partial charge in [-0.1, -0.05) is 27.7 Å². The van der Waals surface area contributed by atoms with Crippen molar-refractivity contribution in [3.05, 3.63) is 12.0 Å². The lowest BCUT2D eigenvalue weighted by Gasteiger charge is -2.33. The van der Waals surface area contributed by atoms with E-state index in [2.05, 4.69) is 38.0 Å². The number of nitrogens with one attached hydrogen (secondary N) is 1. The van der Waals surface area contributed by atoms with Gasteiger partial charge >= 0.3 is 6.08 Å². The summed E-state index contributed by atoms with van der Waals surface area (Å²) in [5, 5.41) is 3.35. The van der Waals surface area contributed by atoms with Crippen LogP contribution in [0.1, 0.15) is 59.1 Å². The van der Waals surface area contributed by atoms with Gasteiger partial charge in [-0.05, 0) is 43.6 Å². The molecule has 1 saturated carbocycles. The average molecular weight is 280 g/mol. The molecule has 1 aromatic rings. The second kappa shape index (κ2) is 6.61. The van der Waals surface area contributed by atoms with Crippen LogP contribution in [-0.2, 0) is 6.54 Å². The summed E-state index contributed by atoms with van der Waals surface area (Å²) >= 11 is 0. The van der Waals surface area contributed by atoms with Crippen LogP contribution in [0.4, 0.5) is 0 Å². The van der Waals surface area contributed by atoms with Gasteiger partial charge in [0.15, 0.2) is 0 Å². The molecule has 1 heterocycles. The smallest absolute Gasteiger partial charge is 0.394 e. The van der Waals surface area contributed by atoms with Crippen molar-refractivity contribution in [2.24, 2.45) is 11.3 Å². The van der Waals surface area contributed by atoms with E-state index in [-0.39, 0.29) is 6.10 Å². The first-order chi connectivity index (χ1) is 9.44. The Morgan fingerprint density at radius 1 is 1.40 bits per heavy atom. The first-order valence-corrected chi connectivity index (χ1v) is 7.76. The number of oxazole rings is 1. The topological polar surface area (TPSA) is 47.3 Å². The van der Waals surface area contributed by atoms with E-state index in [1.165, 1.54) is 12.8 Å². The van der Waals surface area contributed by atoms with Gasteiger partial charge in [0.2, 0.25) is 0 Å². The molecule has 0 spiro atoms. The lowest BCUT2D eigenvalue weighted by molar-refractivity contribution is 0.0726. The van der Waals surface area contributed by atoms with E-state index < -0.39 is 0 Å². The van der Waals surface area contributed by atoms with Crippen LogP contribution in [0.3, 0.4) is 0 Å². The number of ether oxygens (including phenoxy) is 1. The Kier molecular flexibility index (Phi) is 5.08. The molecule has 1 fully saturated rings. The van der Waals surface area contributed by atoms with Gasteiger partial charge in [0.1, 0.15) is 12.4 Å². The fraction of sp³-hybridized carbons (Fsp3) is 0.812. The maximum Gasteiger partial charge on any atom is 0.394 e. The first kappa shape index (κ1) is 15.4. The standard InChI is InChI=1S/C16H28N2O2/c1-12(2)9-17-10-13-11-19-15(18-13)20-14-5-7-16(3,4)8-6-14/h11-12,14,17H,5-10H2,1-4H3. The lowest BCUT2D eigenvalue weighted by atomic mass is 9.76. The van der Waals surface area contributed by atoms with Crippen LogP contribution in [0.15, 0.2) is 10.7 Å². The van der Waals surface area contributed by atoms with Crippen molar-refractivity contribution < 1.29 is 9.15 Å². The molecule has 114 valence electrons. The van der Waals surface area contributed by atoms with E-state index in [4.69, 9.17) is 9.15 Å². The Labute approximate surface area is 122 Å². The predicted molar refractivity (Wildman–Crippen MR) is 79.7 cm³/mol. The monoisotopic (exact) mass is 280 g/mol. The SMILES string of the molecule is CC(C)CNCc1coc(OC2CCC(C)(C)CC2)n1. The second-order valence-corrected chi connectivity index (χ2v) is 7.11. The maximum atomic E-state index is 5.85. The molecule has 4 nitrogen and oxygen atoms in total. The van der Waals surface area contributed by atoms with E-state index in [0.29, 0.717) is 17.4 Å². The third kappa shape index (κ3) is 4.82. The third-order valence-electron chi connectivity index (χ3n) is 3.94. The average Bonchev–Trinajstić information content (AvgIpc) is 2.79. The molecular formula is C16H28N2O2. The second-order valence-electron chi connectivity index (χ2n) is 7.11. The Balaban J connectivity index is 1.75. The zero-order chi connectivity index (χ0) is 14.6. The quantitative estimate of drug-likeness (QED) is 0.861. The van der Waals surface area contributed by atoms with E-state index in [0.717, 1.165) is 31.6 Å². The highest BCUT2D eigenvalue weighted by atomic mass is 16.6. The molecule has 1 aromatic heterocycles. The molecular weight excluding hydrogens is 252 g/mol. The minimum Gasteiger partial charge on any atom is -0.447 e. The number of hydrogen-bond acceptors (Lipinski definition) is 4. The van der Waals surface area contributed by atoms with Crippen molar-refractivity contribution in [2.45, 2.75) is 66.0 Å². The Bertz CT molecular complexity index is 402. The molecule has 0 amide bonds. The molecule has 20 heavy (non-hydrogen) atoms. The molecule has 4 heteroatoms. The zero-order valence-electron chi connectivity index (χ0n) is 13.2. The van der Waals surface area contributed by atoms with E-state index in [1.54, 1.807) is 6.26 Å². The van der Waals surface area contributed by atoms with Gasteiger partial charge < -0.3 is 14.5 Å². The Hall–Kier alpha value is -1.03. The van der Waals surface area contributed by atoms with Gasteiger partial charge in [0.05, 0.1) is 5.69 Å². The van der Waals surface area contributed by atoms with Gasteiger partial charge in [-0.3, -0.25) is 0 Å². The summed E-state index contributed by atoms with van der Waals surface area (Å²) in [7, 11) is 0. The molecule has 0 unspecified atom stereocenters. The highest BCUT2D eigenvalue weighted by Gasteiger charge is 2.28. The molecule has 0 aromatic carbocycles. The fourth-order valence-corrected chi connectivity index (χ4v) is 2.55. The summed E-state index contributed by atoms with van der Waals surface area (Å²) in [5.41, 5.74) is 1.37. The molecule has 0 saturated heterocycles. The van der Waals surface area contributed by atoms with Crippen LogP contribution >= 0.6 is 0 Å². The van der Waals surface area contributed by atoms with Crippen LogP contribution in [-0.4, -0.2) is 17.6 Å². The largest absolute Gasteiger partial charge is 0.447 e. The van der Waals surface area contributed by atoms with Crippen LogP contribution in [0.2, 0.25) is 0 Å². The minimum absolute atomic E-state index is 0.262. The molecule has 0 bridgehead atoms. The van der Waals surface area contributed by atoms with E-state index >= 15 is 0 Å². The fourth-order valence-electron chi connectivity index (χ4n) is 2.55. The van der Waals surface area contributed by atoms with E-state index in [9.17, 15) is 0 Å². The van der Waals surface area contributed by atoms with Crippen molar-refractivity contribution in [2.75, 3.05) is 6.54 Å². The van der Waals surface area contributed by atoms with Crippen LogP contribution in [0.25, 0.3) is 0 Å². The van der Waals surface area contributed by atoms with Gasteiger partial charge in [0, 0.05) is 6.54 Å². The van der Waals surface area contributed by atoms with Gasteiger partial charge in [0.25, 0.3) is 0 Å². The molecule has 0 atom stereocenters. The zero-order valence-corrected chi connectivity index (χ0v) is 13.2.